The minimum Gasteiger partial charge on any atom is -0.506 e. The molecule has 2 N–H and O–H groups in total. The van der Waals surface area contributed by atoms with E-state index in [0.29, 0.717) is 39.3 Å². The molecular formula is C21H20Cl2N2O3. The van der Waals surface area contributed by atoms with Crippen molar-refractivity contribution < 1.29 is 14.7 Å². The zero-order valence-corrected chi connectivity index (χ0v) is 17.1. The van der Waals surface area contributed by atoms with Crippen LogP contribution < -0.4 is 5.32 Å². The third-order valence-electron chi connectivity index (χ3n) is 4.61. The number of rotatable bonds is 5. The van der Waals surface area contributed by atoms with Crippen molar-refractivity contribution in [2.24, 2.45) is 0 Å². The van der Waals surface area contributed by atoms with Crippen LogP contribution in [-0.2, 0) is 11.2 Å². The van der Waals surface area contributed by atoms with Gasteiger partial charge in [-0.25, -0.2) is 0 Å². The molecule has 0 saturated carbocycles. The molecule has 3 rings (SSSR count). The van der Waals surface area contributed by atoms with Crippen LogP contribution in [0, 0.1) is 6.92 Å². The predicted molar refractivity (Wildman–Crippen MR) is 112 cm³/mol. The molecule has 0 aliphatic rings. The van der Waals surface area contributed by atoms with E-state index in [-0.39, 0.29) is 29.0 Å². The molecule has 0 unspecified atom stereocenters. The van der Waals surface area contributed by atoms with E-state index in [0.717, 1.165) is 6.42 Å². The van der Waals surface area contributed by atoms with Crippen LogP contribution in [0.4, 0.5) is 0 Å². The molecule has 0 saturated heterocycles. The first kappa shape index (κ1) is 20.2. The molecule has 28 heavy (non-hydrogen) atoms. The lowest BCUT2D eigenvalue weighted by Crippen LogP contribution is -2.26. The summed E-state index contributed by atoms with van der Waals surface area (Å²) in [6, 6.07) is 9.62. The standard InChI is InChI=1S/C21H20Cl2N2O3/c1-3-8-24-20(27)10-15-12(2)25(18-11-17(23)19(26)9-16(15)18)21(28)13-4-6-14(22)7-5-13/h4-7,9,11,26H,3,8,10H2,1-2H3,(H,24,27). The number of halogens is 2. The molecule has 1 heterocycles. The highest BCUT2D eigenvalue weighted by Gasteiger charge is 2.22. The summed E-state index contributed by atoms with van der Waals surface area (Å²) in [5.41, 5.74) is 2.30. The number of nitrogens with one attached hydrogen (secondary N) is 1. The van der Waals surface area contributed by atoms with E-state index in [1.165, 1.54) is 10.6 Å². The predicted octanol–water partition coefficient (Wildman–Crippen LogP) is 4.72. The topological polar surface area (TPSA) is 71.3 Å². The van der Waals surface area contributed by atoms with E-state index in [1.807, 2.05) is 6.92 Å². The molecule has 1 amide bonds. The normalized spacial score (nSPS) is 11.0. The number of fused-ring (bicyclic) bond motifs is 1. The van der Waals surface area contributed by atoms with Gasteiger partial charge in [-0.1, -0.05) is 30.1 Å². The first-order chi connectivity index (χ1) is 13.3. The van der Waals surface area contributed by atoms with Crippen LogP contribution in [0.15, 0.2) is 36.4 Å². The zero-order valence-electron chi connectivity index (χ0n) is 15.6. The Kier molecular flexibility index (Phi) is 5.96. The highest BCUT2D eigenvalue weighted by molar-refractivity contribution is 6.33. The largest absolute Gasteiger partial charge is 0.506 e. The Morgan fingerprint density at radius 3 is 2.46 bits per heavy atom. The van der Waals surface area contributed by atoms with Crippen LogP contribution in [0.5, 0.6) is 5.75 Å². The first-order valence-electron chi connectivity index (χ1n) is 8.92. The molecule has 0 fully saturated rings. The average Bonchev–Trinajstić information content (AvgIpc) is 2.91. The molecular weight excluding hydrogens is 399 g/mol. The van der Waals surface area contributed by atoms with E-state index >= 15 is 0 Å². The number of carbonyl (C=O) groups excluding carboxylic acids is 2. The number of hydrogen-bond acceptors (Lipinski definition) is 3. The lowest BCUT2D eigenvalue weighted by molar-refractivity contribution is -0.120. The zero-order chi connectivity index (χ0) is 20.4. The molecule has 1 aromatic heterocycles. The van der Waals surface area contributed by atoms with Crippen molar-refractivity contribution in [3.05, 3.63) is 63.3 Å². The summed E-state index contributed by atoms with van der Waals surface area (Å²) in [4.78, 5) is 25.5. The average molecular weight is 419 g/mol. The van der Waals surface area contributed by atoms with E-state index < -0.39 is 0 Å². The number of amides is 1. The molecule has 0 spiro atoms. The van der Waals surface area contributed by atoms with E-state index in [4.69, 9.17) is 23.2 Å². The summed E-state index contributed by atoms with van der Waals surface area (Å²) >= 11 is 12.0. The van der Waals surface area contributed by atoms with Gasteiger partial charge in [0.1, 0.15) is 5.75 Å². The summed E-state index contributed by atoms with van der Waals surface area (Å²) in [7, 11) is 0. The van der Waals surface area contributed by atoms with Gasteiger partial charge >= 0.3 is 0 Å². The summed E-state index contributed by atoms with van der Waals surface area (Å²) in [5.74, 6) is -0.501. The fourth-order valence-corrected chi connectivity index (χ4v) is 3.47. The number of phenols is 1. The SMILES string of the molecule is CCCNC(=O)Cc1c(C)n(C(=O)c2ccc(Cl)cc2)c2cc(Cl)c(O)cc12. The second-order valence-electron chi connectivity index (χ2n) is 6.56. The molecule has 0 atom stereocenters. The van der Waals surface area contributed by atoms with Crippen molar-refractivity contribution in [1.82, 2.24) is 9.88 Å². The maximum absolute atomic E-state index is 13.2. The number of aromatic nitrogens is 1. The summed E-state index contributed by atoms with van der Waals surface area (Å²) in [5, 5.41) is 14.2. The molecule has 3 aromatic rings. The van der Waals surface area contributed by atoms with Gasteiger partial charge in [0, 0.05) is 28.2 Å². The summed E-state index contributed by atoms with van der Waals surface area (Å²) in [6.07, 6.45) is 0.933. The fourth-order valence-electron chi connectivity index (χ4n) is 3.18. The van der Waals surface area contributed by atoms with Gasteiger partial charge in [0.25, 0.3) is 5.91 Å². The number of aromatic hydroxyl groups is 1. The first-order valence-corrected chi connectivity index (χ1v) is 9.68. The van der Waals surface area contributed by atoms with Crippen LogP contribution in [0.3, 0.4) is 0 Å². The van der Waals surface area contributed by atoms with Gasteiger partial charge in [-0.2, -0.15) is 0 Å². The maximum Gasteiger partial charge on any atom is 0.262 e. The van der Waals surface area contributed by atoms with Gasteiger partial charge in [-0.3, -0.25) is 14.2 Å². The van der Waals surface area contributed by atoms with Crippen LogP contribution in [0.1, 0.15) is 35.0 Å². The number of carbonyl (C=O) groups is 2. The molecule has 0 radical (unpaired) electrons. The van der Waals surface area contributed by atoms with E-state index in [2.05, 4.69) is 5.32 Å². The van der Waals surface area contributed by atoms with Crippen LogP contribution >= 0.6 is 23.2 Å². The molecule has 0 aliphatic heterocycles. The monoisotopic (exact) mass is 418 g/mol. The van der Waals surface area contributed by atoms with Crippen molar-refractivity contribution in [1.29, 1.82) is 0 Å². The smallest absolute Gasteiger partial charge is 0.262 e. The molecule has 0 aliphatic carbocycles. The Morgan fingerprint density at radius 1 is 1.14 bits per heavy atom. The minimum absolute atomic E-state index is 0.0968. The Labute approximate surface area is 172 Å². The van der Waals surface area contributed by atoms with Crippen LogP contribution in [0.25, 0.3) is 10.9 Å². The number of nitrogens with zero attached hydrogens (tertiary/aromatic N) is 1. The van der Waals surface area contributed by atoms with Gasteiger partial charge in [-0.15, -0.1) is 0 Å². The third-order valence-corrected chi connectivity index (χ3v) is 5.16. The Balaban J connectivity index is 2.15. The number of phenolic OH excluding ortho intramolecular Hbond substituents is 1. The molecule has 2 aromatic carbocycles. The van der Waals surface area contributed by atoms with Crippen molar-refractivity contribution in [2.45, 2.75) is 26.7 Å². The molecule has 7 heteroatoms. The van der Waals surface area contributed by atoms with Gasteiger partial charge in [0.2, 0.25) is 5.91 Å². The van der Waals surface area contributed by atoms with Crippen LogP contribution in [0.2, 0.25) is 10.0 Å². The molecule has 5 nitrogen and oxygen atoms in total. The van der Waals surface area contributed by atoms with Crippen molar-refractivity contribution in [2.75, 3.05) is 6.54 Å². The quantitative estimate of drug-likeness (QED) is 0.629. The second kappa shape index (κ2) is 8.25. The number of hydrogen-bond donors (Lipinski definition) is 2. The fraction of sp³-hybridized carbons (Fsp3) is 0.238. The van der Waals surface area contributed by atoms with Crippen molar-refractivity contribution >= 4 is 45.9 Å². The van der Waals surface area contributed by atoms with E-state index in [1.54, 1.807) is 37.3 Å². The summed E-state index contributed by atoms with van der Waals surface area (Å²) < 4.78 is 1.52. The Hall–Kier alpha value is -2.50. The van der Waals surface area contributed by atoms with Crippen LogP contribution in [-0.4, -0.2) is 28.0 Å². The Morgan fingerprint density at radius 2 is 1.82 bits per heavy atom. The molecule has 146 valence electrons. The van der Waals surface area contributed by atoms with Gasteiger partial charge in [-0.05, 0) is 55.3 Å². The van der Waals surface area contributed by atoms with E-state index in [9.17, 15) is 14.7 Å². The maximum atomic E-state index is 13.2. The highest BCUT2D eigenvalue weighted by atomic mass is 35.5. The second-order valence-corrected chi connectivity index (χ2v) is 7.40. The number of benzene rings is 2. The third kappa shape index (κ3) is 3.86. The van der Waals surface area contributed by atoms with Gasteiger partial charge < -0.3 is 10.4 Å². The lowest BCUT2D eigenvalue weighted by atomic mass is 10.1. The van der Waals surface area contributed by atoms with Gasteiger partial charge in [0.05, 0.1) is 17.0 Å². The lowest BCUT2D eigenvalue weighted by Gasteiger charge is -2.08. The molecule has 0 bridgehead atoms. The van der Waals surface area contributed by atoms with Crippen molar-refractivity contribution in [3.63, 3.8) is 0 Å². The summed E-state index contributed by atoms with van der Waals surface area (Å²) in [6.45, 7) is 4.33. The van der Waals surface area contributed by atoms with Gasteiger partial charge in [0.15, 0.2) is 0 Å². The Bertz CT molecular complexity index is 1060. The van der Waals surface area contributed by atoms with Crippen molar-refractivity contribution in [3.8, 4) is 5.75 Å². The minimum atomic E-state index is -0.263. The highest BCUT2D eigenvalue weighted by Crippen LogP contribution is 2.35.